The second-order valence-corrected chi connectivity index (χ2v) is 4.87. The number of allylic oxidation sites excluding steroid dienone is 15. The SMILES string of the molecule is C=C\C=C/C=C/C(C=C)=C\C(=C/CI)C(\C=C)=C\C=C/C. The lowest BCUT2D eigenvalue weighted by atomic mass is 10.0. The molecule has 0 rings (SSSR count). The van der Waals surface area contributed by atoms with Crippen molar-refractivity contribution in [3.8, 4) is 0 Å². The van der Waals surface area contributed by atoms with Crippen LogP contribution in [0.4, 0.5) is 0 Å². The van der Waals surface area contributed by atoms with Gasteiger partial charge in [-0.05, 0) is 29.7 Å². The van der Waals surface area contributed by atoms with Gasteiger partial charge in [-0.25, -0.2) is 0 Å². The molecule has 0 aliphatic heterocycles. The summed E-state index contributed by atoms with van der Waals surface area (Å²) < 4.78 is 0.940. The predicted molar refractivity (Wildman–Crippen MR) is 107 cm³/mol. The maximum Gasteiger partial charge on any atom is 0.0184 e. The van der Waals surface area contributed by atoms with Gasteiger partial charge in [0.25, 0.3) is 0 Å². The Kier molecular flexibility index (Phi) is 12.4. The molecule has 0 aliphatic rings. The van der Waals surface area contributed by atoms with Crippen LogP contribution in [0.2, 0.25) is 0 Å². The van der Waals surface area contributed by atoms with Gasteiger partial charge in [0.2, 0.25) is 0 Å². The molecule has 21 heavy (non-hydrogen) atoms. The Morgan fingerprint density at radius 2 is 1.71 bits per heavy atom. The van der Waals surface area contributed by atoms with Crippen molar-refractivity contribution in [2.45, 2.75) is 6.92 Å². The van der Waals surface area contributed by atoms with Crippen LogP contribution in [-0.4, -0.2) is 4.43 Å². The third-order valence-electron chi connectivity index (χ3n) is 2.52. The molecule has 0 fully saturated rings. The van der Waals surface area contributed by atoms with Gasteiger partial charge in [0, 0.05) is 4.43 Å². The van der Waals surface area contributed by atoms with Crippen LogP contribution in [0.3, 0.4) is 0 Å². The number of hydrogen-bond acceptors (Lipinski definition) is 0. The number of hydrogen-bond donors (Lipinski definition) is 0. The molecule has 0 aromatic rings. The van der Waals surface area contributed by atoms with E-state index in [1.807, 2.05) is 55.5 Å². The van der Waals surface area contributed by atoms with E-state index in [4.69, 9.17) is 0 Å². The first kappa shape index (κ1) is 19.4. The summed E-state index contributed by atoms with van der Waals surface area (Å²) >= 11 is 2.34. The van der Waals surface area contributed by atoms with Crippen LogP contribution < -0.4 is 0 Å². The number of alkyl halides is 1. The first-order valence-electron chi connectivity index (χ1n) is 6.75. The molecule has 0 atom stereocenters. The van der Waals surface area contributed by atoms with Crippen molar-refractivity contribution in [1.82, 2.24) is 0 Å². The van der Waals surface area contributed by atoms with Crippen molar-refractivity contribution in [3.63, 3.8) is 0 Å². The van der Waals surface area contributed by atoms with E-state index in [0.717, 1.165) is 21.1 Å². The fourth-order valence-electron chi connectivity index (χ4n) is 1.49. The Morgan fingerprint density at radius 3 is 2.24 bits per heavy atom. The highest BCUT2D eigenvalue weighted by Crippen LogP contribution is 2.17. The van der Waals surface area contributed by atoms with Gasteiger partial charge in [0.1, 0.15) is 0 Å². The zero-order chi connectivity index (χ0) is 15.9. The monoisotopic (exact) mass is 390 g/mol. The van der Waals surface area contributed by atoms with E-state index in [9.17, 15) is 0 Å². The molecule has 0 aromatic heterocycles. The molecule has 0 unspecified atom stereocenters. The van der Waals surface area contributed by atoms with Crippen LogP contribution in [0.25, 0.3) is 0 Å². The second-order valence-electron chi connectivity index (χ2n) is 3.99. The minimum Gasteiger partial charge on any atom is -0.0991 e. The third-order valence-corrected chi connectivity index (χ3v) is 2.96. The zero-order valence-electron chi connectivity index (χ0n) is 12.6. The minimum atomic E-state index is 0.940. The second kappa shape index (κ2) is 13.4. The Hall–Kier alpha value is -1.61. The molecule has 0 heterocycles. The topological polar surface area (TPSA) is 0 Å². The standard InChI is InChI=1S/C20H23I/c1-5-9-11-12-13-18(7-3)17-20(15-16-21)19(8-4)14-10-6-2/h5-15,17H,1,3-4,16H2,2H3/b10-6-,11-9-,13-12+,18-17-,19-14+,20-15+. The van der Waals surface area contributed by atoms with Crippen molar-refractivity contribution in [3.05, 3.63) is 109 Å². The Morgan fingerprint density at radius 1 is 0.952 bits per heavy atom. The van der Waals surface area contributed by atoms with E-state index < -0.39 is 0 Å². The molecule has 1 heteroatoms. The van der Waals surface area contributed by atoms with E-state index in [1.165, 1.54) is 0 Å². The maximum absolute atomic E-state index is 3.90. The molecule has 0 radical (unpaired) electrons. The highest BCUT2D eigenvalue weighted by atomic mass is 127. The van der Waals surface area contributed by atoms with E-state index in [-0.39, 0.29) is 0 Å². The third kappa shape index (κ3) is 9.03. The van der Waals surface area contributed by atoms with Crippen molar-refractivity contribution in [1.29, 1.82) is 0 Å². The summed E-state index contributed by atoms with van der Waals surface area (Å²) in [7, 11) is 0. The minimum absolute atomic E-state index is 0.940. The summed E-state index contributed by atoms with van der Waals surface area (Å²) in [5.41, 5.74) is 3.29. The first-order chi connectivity index (χ1) is 10.2. The smallest absolute Gasteiger partial charge is 0.0184 e. The first-order valence-corrected chi connectivity index (χ1v) is 8.27. The van der Waals surface area contributed by atoms with Gasteiger partial charge in [-0.3, -0.25) is 0 Å². The summed E-state index contributed by atoms with van der Waals surface area (Å²) in [6.45, 7) is 13.4. The van der Waals surface area contributed by atoms with Crippen LogP contribution in [0.1, 0.15) is 6.92 Å². The van der Waals surface area contributed by atoms with Gasteiger partial charge < -0.3 is 0 Å². The summed E-state index contributed by atoms with van der Waals surface area (Å²) in [6, 6.07) is 0. The number of rotatable bonds is 9. The van der Waals surface area contributed by atoms with Gasteiger partial charge in [-0.15, -0.1) is 0 Å². The molecule has 0 saturated carbocycles. The average molecular weight is 390 g/mol. The zero-order valence-corrected chi connectivity index (χ0v) is 14.8. The molecule has 0 aliphatic carbocycles. The van der Waals surface area contributed by atoms with Crippen molar-refractivity contribution < 1.29 is 0 Å². The van der Waals surface area contributed by atoms with Gasteiger partial charge in [-0.1, -0.05) is 109 Å². The molecular weight excluding hydrogens is 367 g/mol. The maximum atomic E-state index is 3.90. The van der Waals surface area contributed by atoms with E-state index in [0.29, 0.717) is 0 Å². The molecule has 0 amide bonds. The Bertz CT molecular complexity index is 520. The lowest BCUT2D eigenvalue weighted by Gasteiger charge is -2.04. The lowest BCUT2D eigenvalue weighted by molar-refractivity contribution is 1.49. The molecular formula is C20H23I. The molecule has 0 bridgehead atoms. The van der Waals surface area contributed by atoms with Crippen LogP contribution >= 0.6 is 22.6 Å². The van der Waals surface area contributed by atoms with Gasteiger partial charge in [-0.2, -0.15) is 0 Å². The van der Waals surface area contributed by atoms with Gasteiger partial charge in [0.05, 0.1) is 0 Å². The lowest BCUT2D eigenvalue weighted by Crippen LogP contribution is -1.86. The Balaban J connectivity index is 5.49. The molecule has 0 aromatic carbocycles. The average Bonchev–Trinajstić information content (AvgIpc) is 2.50. The quantitative estimate of drug-likeness (QED) is 0.241. The van der Waals surface area contributed by atoms with Crippen LogP contribution in [0.15, 0.2) is 109 Å². The van der Waals surface area contributed by atoms with E-state index in [2.05, 4.69) is 60.6 Å². The molecule has 0 saturated heterocycles. The van der Waals surface area contributed by atoms with Crippen LogP contribution in [-0.2, 0) is 0 Å². The fourth-order valence-corrected chi connectivity index (χ4v) is 1.96. The van der Waals surface area contributed by atoms with E-state index in [1.54, 1.807) is 6.08 Å². The van der Waals surface area contributed by atoms with Crippen molar-refractivity contribution in [2.24, 2.45) is 0 Å². The molecule has 0 N–H and O–H groups in total. The number of halogens is 1. The predicted octanol–water partition coefficient (Wildman–Crippen LogP) is 6.45. The Labute approximate surface area is 143 Å². The molecule has 0 spiro atoms. The fraction of sp³-hybridized carbons (Fsp3) is 0.100. The van der Waals surface area contributed by atoms with Crippen LogP contribution in [0, 0.1) is 0 Å². The van der Waals surface area contributed by atoms with Gasteiger partial charge >= 0.3 is 0 Å². The van der Waals surface area contributed by atoms with Crippen molar-refractivity contribution >= 4 is 22.6 Å². The summed E-state index contributed by atoms with van der Waals surface area (Å²) in [6.07, 6.45) is 23.6. The highest BCUT2D eigenvalue weighted by molar-refractivity contribution is 14.1. The summed E-state index contributed by atoms with van der Waals surface area (Å²) in [5, 5.41) is 0. The highest BCUT2D eigenvalue weighted by Gasteiger charge is 1.98. The summed E-state index contributed by atoms with van der Waals surface area (Å²) in [5.74, 6) is 0. The van der Waals surface area contributed by atoms with Crippen LogP contribution in [0.5, 0.6) is 0 Å². The van der Waals surface area contributed by atoms with E-state index >= 15 is 0 Å². The van der Waals surface area contributed by atoms with Crippen molar-refractivity contribution in [2.75, 3.05) is 4.43 Å². The largest absolute Gasteiger partial charge is 0.0991 e. The molecule has 110 valence electrons. The van der Waals surface area contributed by atoms with Gasteiger partial charge in [0.15, 0.2) is 0 Å². The normalized spacial score (nSPS) is 14.3. The molecule has 0 nitrogen and oxygen atoms in total. The summed E-state index contributed by atoms with van der Waals surface area (Å²) in [4.78, 5) is 0.